The molecule has 1 atom stereocenters. The number of nitrogens with zero attached hydrogens (tertiary/aromatic N) is 1. The molecule has 0 rings (SSSR count). The van der Waals surface area contributed by atoms with E-state index in [2.05, 4.69) is 39.5 Å². The zero-order valence-electron chi connectivity index (χ0n) is 10.6. The SMILES string of the molecule is CCC(N)C(CC)(CC)N(CC)CC. The first-order valence-electron chi connectivity index (χ1n) is 6.13. The molecule has 0 aliphatic carbocycles. The Bertz CT molecular complexity index is 137. The predicted molar refractivity (Wildman–Crippen MR) is 64.5 cm³/mol. The Labute approximate surface area is 89.9 Å². The topological polar surface area (TPSA) is 29.3 Å². The van der Waals surface area contributed by atoms with Crippen LogP contribution < -0.4 is 5.73 Å². The Kier molecular flexibility index (Phi) is 6.38. The molecule has 0 saturated carbocycles. The smallest absolute Gasteiger partial charge is 0.0354 e. The minimum absolute atomic E-state index is 0.220. The van der Waals surface area contributed by atoms with Crippen LogP contribution in [-0.2, 0) is 0 Å². The highest BCUT2D eigenvalue weighted by Gasteiger charge is 2.36. The second-order valence-corrected chi connectivity index (χ2v) is 4.00. The van der Waals surface area contributed by atoms with Crippen molar-refractivity contribution in [2.24, 2.45) is 5.73 Å². The van der Waals surface area contributed by atoms with Crippen LogP contribution in [-0.4, -0.2) is 29.6 Å². The molecule has 0 saturated heterocycles. The van der Waals surface area contributed by atoms with Gasteiger partial charge in [-0.05, 0) is 32.4 Å². The Morgan fingerprint density at radius 2 is 1.43 bits per heavy atom. The predicted octanol–water partition coefficient (Wildman–Crippen LogP) is 2.62. The van der Waals surface area contributed by atoms with Gasteiger partial charge in [-0.1, -0.05) is 34.6 Å². The molecule has 1 unspecified atom stereocenters. The fourth-order valence-corrected chi connectivity index (χ4v) is 2.69. The van der Waals surface area contributed by atoms with Gasteiger partial charge in [0, 0.05) is 11.6 Å². The van der Waals surface area contributed by atoms with Crippen molar-refractivity contribution >= 4 is 0 Å². The lowest BCUT2D eigenvalue weighted by Gasteiger charge is -2.46. The molecule has 0 fully saturated rings. The quantitative estimate of drug-likeness (QED) is 0.684. The lowest BCUT2D eigenvalue weighted by Crippen LogP contribution is -2.59. The van der Waals surface area contributed by atoms with Gasteiger partial charge >= 0.3 is 0 Å². The summed E-state index contributed by atoms with van der Waals surface area (Å²) in [4.78, 5) is 2.53. The minimum atomic E-state index is 0.220. The van der Waals surface area contributed by atoms with E-state index in [1.54, 1.807) is 0 Å². The van der Waals surface area contributed by atoms with Crippen molar-refractivity contribution < 1.29 is 0 Å². The molecule has 0 spiro atoms. The van der Waals surface area contributed by atoms with Crippen LogP contribution in [0.4, 0.5) is 0 Å². The van der Waals surface area contributed by atoms with E-state index in [4.69, 9.17) is 5.73 Å². The molecular weight excluding hydrogens is 172 g/mol. The van der Waals surface area contributed by atoms with Gasteiger partial charge < -0.3 is 5.73 Å². The molecule has 2 nitrogen and oxygen atoms in total. The average Bonchev–Trinajstić information content (AvgIpc) is 2.25. The molecule has 86 valence electrons. The van der Waals surface area contributed by atoms with E-state index < -0.39 is 0 Å². The van der Waals surface area contributed by atoms with E-state index in [0.29, 0.717) is 6.04 Å². The summed E-state index contributed by atoms with van der Waals surface area (Å²) in [5.41, 5.74) is 6.50. The Morgan fingerprint density at radius 1 is 1.00 bits per heavy atom. The molecule has 0 radical (unpaired) electrons. The van der Waals surface area contributed by atoms with E-state index in [-0.39, 0.29) is 5.54 Å². The van der Waals surface area contributed by atoms with Crippen LogP contribution in [0.3, 0.4) is 0 Å². The van der Waals surface area contributed by atoms with Crippen LogP contribution in [0.5, 0.6) is 0 Å². The second-order valence-electron chi connectivity index (χ2n) is 4.00. The van der Waals surface area contributed by atoms with Crippen molar-refractivity contribution in [1.29, 1.82) is 0 Å². The summed E-state index contributed by atoms with van der Waals surface area (Å²) in [7, 11) is 0. The van der Waals surface area contributed by atoms with Crippen LogP contribution in [0, 0.1) is 0 Å². The normalized spacial score (nSPS) is 14.8. The maximum Gasteiger partial charge on any atom is 0.0354 e. The van der Waals surface area contributed by atoms with Crippen LogP contribution >= 0.6 is 0 Å². The summed E-state index contributed by atoms with van der Waals surface area (Å²) in [5, 5.41) is 0. The molecule has 0 aromatic rings. The highest BCUT2D eigenvalue weighted by molar-refractivity contribution is 4.96. The largest absolute Gasteiger partial charge is 0.326 e. The van der Waals surface area contributed by atoms with Gasteiger partial charge in [0.05, 0.1) is 0 Å². The van der Waals surface area contributed by atoms with Gasteiger partial charge in [-0.2, -0.15) is 0 Å². The molecule has 0 bridgehead atoms. The summed E-state index contributed by atoms with van der Waals surface area (Å²) >= 11 is 0. The van der Waals surface area contributed by atoms with Gasteiger partial charge in [0.2, 0.25) is 0 Å². The fourth-order valence-electron chi connectivity index (χ4n) is 2.69. The number of hydrogen-bond acceptors (Lipinski definition) is 2. The summed E-state index contributed by atoms with van der Waals surface area (Å²) in [6, 6.07) is 0.303. The van der Waals surface area contributed by atoms with E-state index >= 15 is 0 Å². The van der Waals surface area contributed by atoms with E-state index in [1.807, 2.05) is 0 Å². The van der Waals surface area contributed by atoms with Crippen molar-refractivity contribution in [3.63, 3.8) is 0 Å². The molecule has 0 heterocycles. The van der Waals surface area contributed by atoms with Crippen molar-refractivity contribution in [3.8, 4) is 0 Å². The monoisotopic (exact) mass is 200 g/mol. The van der Waals surface area contributed by atoms with Gasteiger partial charge in [0.1, 0.15) is 0 Å². The summed E-state index contributed by atoms with van der Waals surface area (Å²) in [6.45, 7) is 13.4. The van der Waals surface area contributed by atoms with E-state index in [1.165, 1.54) is 0 Å². The maximum atomic E-state index is 6.28. The third kappa shape index (κ3) is 2.48. The number of nitrogens with two attached hydrogens (primary N) is 1. The molecule has 0 aliphatic heterocycles. The molecule has 0 aliphatic rings. The third-order valence-electron chi connectivity index (χ3n) is 3.75. The Hall–Kier alpha value is -0.0800. The number of hydrogen-bond donors (Lipinski definition) is 1. The first-order valence-corrected chi connectivity index (χ1v) is 6.13. The molecule has 14 heavy (non-hydrogen) atoms. The summed E-state index contributed by atoms with van der Waals surface area (Å²) in [6.07, 6.45) is 3.37. The van der Waals surface area contributed by atoms with Gasteiger partial charge in [-0.3, -0.25) is 4.90 Å². The molecule has 2 N–H and O–H groups in total. The van der Waals surface area contributed by atoms with Crippen LogP contribution in [0.2, 0.25) is 0 Å². The van der Waals surface area contributed by atoms with E-state index in [0.717, 1.165) is 32.4 Å². The van der Waals surface area contributed by atoms with Crippen LogP contribution in [0.1, 0.15) is 53.9 Å². The van der Waals surface area contributed by atoms with Crippen molar-refractivity contribution in [2.45, 2.75) is 65.5 Å². The van der Waals surface area contributed by atoms with Crippen molar-refractivity contribution in [1.82, 2.24) is 4.90 Å². The van der Waals surface area contributed by atoms with E-state index in [9.17, 15) is 0 Å². The Balaban J connectivity index is 4.83. The zero-order valence-corrected chi connectivity index (χ0v) is 10.6. The van der Waals surface area contributed by atoms with Crippen LogP contribution in [0.25, 0.3) is 0 Å². The first-order chi connectivity index (χ1) is 6.62. The lowest BCUT2D eigenvalue weighted by atomic mass is 9.81. The summed E-state index contributed by atoms with van der Waals surface area (Å²) in [5.74, 6) is 0. The Morgan fingerprint density at radius 3 is 1.64 bits per heavy atom. The van der Waals surface area contributed by atoms with Gasteiger partial charge in [0.15, 0.2) is 0 Å². The van der Waals surface area contributed by atoms with Crippen molar-refractivity contribution in [2.75, 3.05) is 13.1 Å². The zero-order chi connectivity index (χ0) is 11.2. The third-order valence-corrected chi connectivity index (χ3v) is 3.75. The number of likely N-dealkylation sites (N-methyl/N-ethyl adjacent to an activating group) is 1. The molecule has 0 aromatic heterocycles. The standard InChI is InChI=1S/C12H28N2/c1-6-11(13)12(7-2,8-3)14(9-4)10-5/h11H,6-10,13H2,1-5H3. The van der Waals surface area contributed by atoms with Crippen LogP contribution in [0.15, 0.2) is 0 Å². The first kappa shape index (κ1) is 13.9. The highest BCUT2D eigenvalue weighted by Crippen LogP contribution is 2.28. The fraction of sp³-hybridized carbons (Fsp3) is 1.00. The molecule has 0 amide bonds. The lowest BCUT2D eigenvalue weighted by molar-refractivity contribution is 0.0615. The van der Waals surface area contributed by atoms with Gasteiger partial charge in [0.25, 0.3) is 0 Å². The van der Waals surface area contributed by atoms with Gasteiger partial charge in [-0.25, -0.2) is 0 Å². The molecular formula is C12H28N2. The molecule has 2 heteroatoms. The average molecular weight is 200 g/mol. The maximum absolute atomic E-state index is 6.28. The summed E-state index contributed by atoms with van der Waals surface area (Å²) < 4.78 is 0. The van der Waals surface area contributed by atoms with Gasteiger partial charge in [-0.15, -0.1) is 0 Å². The highest BCUT2D eigenvalue weighted by atomic mass is 15.2. The molecule has 0 aromatic carbocycles. The second kappa shape index (κ2) is 6.41. The number of rotatable bonds is 7. The minimum Gasteiger partial charge on any atom is -0.326 e. The van der Waals surface area contributed by atoms with Crippen molar-refractivity contribution in [3.05, 3.63) is 0 Å².